The molecule has 0 amide bonds. The van der Waals surface area contributed by atoms with Crippen LogP contribution in [-0.2, 0) is 0 Å². The van der Waals surface area contributed by atoms with Gasteiger partial charge in [-0.25, -0.2) is 4.39 Å². The third-order valence-corrected chi connectivity index (χ3v) is 5.07. The lowest BCUT2D eigenvalue weighted by atomic mass is 10.0. The van der Waals surface area contributed by atoms with Crippen molar-refractivity contribution in [3.05, 3.63) is 34.6 Å². The minimum absolute atomic E-state index is 0.124. The number of likely N-dealkylation sites (tertiary alicyclic amines) is 1. The van der Waals surface area contributed by atoms with Crippen LogP contribution in [-0.4, -0.2) is 24.5 Å². The maximum Gasteiger partial charge on any atom is 0.124 e. The summed E-state index contributed by atoms with van der Waals surface area (Å²) in [6.07, 6.45) is 4.05. The zero-order valence-corrected chi connectivity index (χ0v) is 11.7. The van der Waals surface area contributed by atoms with Gasteiger partial charge in [-0.1, -0.05) is 24.1 Å². The normalized spacial score (nSPS) is 28.6. The summed E-state index contributed by atoms with van der Waals surface area (Å²) in [6, 6.07) is 4.76. The molecule has 1 aromatic rings. The van der Waals surface area contributed by atoms with Gasteiger partial charge in [0.1, 0.15) is 5.82 Å². The van der Waals surface area contributed by atoms with E-state index in [1.54, 1.807) is 6.07 Å². The lowest BCUT2D eigenvalue weighted by molar-refractivity contribution is 0.232. The van der Waals surface area contributed by atoms with Gasteiger partial charge in [0.25, 0.3) is 0 Å². The van der Waals surface area contributed by atoms with E-state index in [0.717, 1.165) is 30.5 Å². The van der Waals surface area contributed by atoms with E-state index in [1.807, 2.05) is 0 Å². The summed E-state index contributed by atoms with van der Waals surface area (Å²) in [5, 5.41) is 0.493. The Bertz CT molecular complexity index is 453. The Kier molecular flexibility index (Phi) is 3.79. The molecule has 0 radical (unpaired) electrons. The molecule has 0 bridgehead atoms. The van der Waals surface area contributed by atoms with Crippen LogP contribution in [0.15, 0.2) is 18.2 Å². The number of hydrogen-bond donors (Lipinski definition) is 1. The van der Waals surface area contributed by atoms with Crippen LogP contribution in [0.2, 0.25) is 5.02 Å². The van der Waals surface area contributed by atoms with Crippen LogP contribution in [0, 0.1) is 17.7 Å². The number of hydrogen-bond acceptors (Lipinski definition) is 2. The highest BCUT2D eigenvalue weighted by Crippen LogP contribution is 2.41. The van der Waals surface area contributed by atoms with Crippen molar-refractivity contribution in [3.63, 3.8) is 0 Å². The first kappa shape index (κ1) is 13.3. The molecule has 2 aliphatic rings. The molecule has 104 valence electrons. The molecule has 1 heterocycles. The third kappa shape index (κ3) is 2.51. The van der Waals surface area contributed by atoms with Crippen molar-refractivity contribution in [1.29, 1.82) is 0 Å². The number of rotatable bonds is 3. The predicted molar refractivity (Wildman–Crippen MR) is 75.6 cm³/mol. The fourth-order valence-electron chi connectivity index (χ4n) is 3.77. The van der Waals surface area contributed by atoms with Crippen molar-refractivity contribution < 1.29 is 4.39 Å². The first-order valence-corrected chi connectivity index (χ1v) is 7.46. The second-order valence-corrected chi connectivity index (χ2v) is 6.23. The zero-order chi connectivity index (χ0) is 13.4. The lowest BCUT2D eigenvalue weighted by Gasteiger charge is -2.28. The molecule has 4 heteroatoms. The highest BCUT2D eigenvalue weighted by atomic mass is 35.5. The van der Waals surface area contributed by atoms with Crippen molar-refractivity contribution >= 4 is 11.6 Å². The lowest BCUT2D eigenvalue weighted by Crippen LogP contribution is -2.33. The van der Waals surface area contributed by atoms with Crippen LogP contribution >= 0.6 is 11.6 Å². The molecule has 1 saturated carbocycles. The van der Waals surface area contributed by atoms with Gasteiger partial charge in [0.05, 0.1) is 0 Å². The van der Waals surface area contributed by atoms with Crippen molar-refractivity contribution in [2.75, 3.05) is 19.6 Å². The van der Waals surface area contributed by atoms with Crippen molar-refractivity contribution in [1.82, 2.24) is 4.90 Å². The summed E-state index contributed by atoms with van der Waals surface area (Å²) in [6.45, 7) is 2.76. The topological polar surface area (TPSA) is 29.3 Å². The Morgan fingerprint density at radius 2 is 2.00 bits per heavy atom. The quantitative estimate of drug-likeness (QED) is 0.922. The molecule has 0 spiro atoms. The molecular weight excluding hydrogens is 263 g/mol. The monoisotopic (exact) mass is 282 g/mol. The molecule has 1 aromatic carbocycles. The second-order valence-electron chi connectivity index (χ2n) is 5.82. The first-order valence-electron chi connectivity index (χ1n) is 7.08. The predicted octanol–water partition coefficient (Wildman–Crippen LogP) is 3.21. The Balaban J connectivity index is 1.81. The van der Waals surface area contributed by atoms with E-state index >= 15 is 0 Å². The summed E-state index contributed by atoms with van der Waals surface area (Å²) in [5.74, 6) is 1.37. The molecule has 2 N–H and O–H groups in total. The van der Waals surface area contributed by atoms with Gasteiger partial charge in [0.15, 0.2) is 0 Å². The van der Waals surface area contributed by atoms with Crippen molar-refractivity contribution in [2.45, 2.75) is 25.3 Å². The van der Waals surface area contributed by atoms with E-state index in [1.165, 1.54) is 31.4 Å². The molecule has 2 fully saturated rings. The molecule has 1 saturated heterocycles. The summed E-state index contributed by atoms with van der Waals surface area (Å²) in [7, 11) is 0. The fraction of sp³-hybridized carbons (Fsp3) is 0.600. The van der Waals surface area contributed by atoms with Gasteiger partial charge in [-0.3, -0.25) is 4.90 Å². The number of halogens is 2. The summed E-state index contributed by atoms with van der Waals surface area (Å²) in [5.41, 5.74) is 6.91. The van der Waals surface area contributed by atoms with Crippen molar-refractivity contribution in [2.24, 2.45) is 17.6 Å². The molecule has 2 nitrogen and oxygen atoms in total. The van der Waals surface area contributed by atoms with Gasteiger partial charge >= 0.3 is 0 Å². The average molecular weight is 283 g/mol. The van der Waals surface area contributed by atoms with E-state index in [2.05, 4.69) is 4.90 Å². The van der Waals surface area contributed by atoms with Gasteiger partial charge in [-0.15, -0.1) is 0 Å². The van der Waals surface area contributed by atoms with E-state index < -0.39 is 0 Å². The Morgan fingerprint density at radius 3 is 2.58 bits per heavy atom. The SMILES string of the molecule is NCC(c1ccc(F)cc1Cl)N1CC2CCCC2C1. The number of benzene rings is 1. The smallest absolute Gasteiger partial charge is 0.124 e. The van der Waals surface area contributed by atoms with Gasteiger partial charge < -0.3 is 5.73 Å². The van der Waals surface area contributed by atoms with E-state index in [4.69, 9.17) is 17.3 Å². The second kappa shape index (κ2) is 5.39. The van der Waals surface area contributed by atoms with Gasteiger partial charge in [-0.05, 0) is 42.4 Å². The van der Waals surface area contributed by atoms with Crippen LogP contribution in [0.4, 0.5) is 4.39 Å². The minimum Gasteiger partial charge on any atom is -0.329 e. The Morgan fingerprint density at radius 1 is 1.32 bits per heavy atom. The van der Waals surface area contributed by atoms with Crippen molar-refractivity contribution in [3.8, 4) is 0 Å². The van der Waals surface area contributed by atoms with Gasteiger partial charge in [0.2, 0.25) is 0 Å². The maximum absolute atomic E-state index is 13.2. The molecule has 19 heavy (non-hydrogen) atoms. The molecule has 1 aliphatic heterocycles. The third-order valence-electron chi connectivity index (χ3n) is 4.74. The largest absolute Gasteiger partial charge is 0.329 e. The maximum atomic E-state index is 13.2. The van der Waals surface area contributed by atoms with Gasteiger partial charge in [-0.2, -0.15) is 0 Å². The highest BCUT2D eigenvalue weighted by molar-refractivity contribution is 6.31. The number of nitrogens with two attached hydrogens (primary N) is 1. The zero-order valence-electron chi connectivity index (χ0n) is 11.0. The number of nitrogens with zero attached hydrogens (tertiary/aromatic N) is 1. The molecule has 0 aromatic heterocycles. The Hall–Kier alpha value is -0.640. The molecule has 1 aliphatic carbocycles. The summed E-state index contributed by atoms with van der Waals surface area (Å²) in [4.78, 5) is 2.44. The van der Waals surface area contributed by atoms with E-state index in [-0.39, 0.29) is 11.9 Å². The first-order chi connectivity index (χ1) is 9.19. The van der Waals surface area contributed by atoms with Gasteiger partial charge in [0, 0.05) is 30.7 Å². The summed E-state index contributed by atoms with van der Waals surface area (Å²) >= 11 is 6.18. The molecule has 3 atom stereocenters. The highest BCUT2D eigenvalue weighted by Gasteiger charge is 2.39. The van der Waals surface area contributed by atoms with Crippen LogP contribution < -0.4 is 5.73 Å². The minimum atomic E-state index is -0.289. The summed E-state index contributed by atoms with van der Waals surface area (Å²) < 4.78 is 13.2. The van der Waals surface area contributed by atoms with E-state index in [9.17, 15) is 4.39 Å². The Labute approximate surface area is 118 Å². The molecule has 3 unspecified atom stereocenters. The van der Waals surface area contributed by atoms with Crippen LogP contribution in [0.3, 0.4) is 0 Å². The van der Waals surface area contributed by atoms with Crippen LogP contribution in [0.1, 0.15) is 30.9 Å². The average Bonchev–Trinajstić information content (AvgIpc) is 2.93. The number of fused-ring (bicyclic) bond motifs is 1. The van der Waals surface area contributed by atoms with Crippen LogP contribution in [0.5, 0.6) is 0 Å². The fourth-order valence-corrected chi connectivity index (χ4v) is 4.06. The van der Waals surface area contributed by atoms with E-state index in [0.29, 0.717) is 11.6 Å². The molecular formula is C15H20ClFN2. The standard InChI is InChI=1S/C15H20ClFN2/c16-14-6-12(17)4-5-13(14)15(7-18)19-8-10-2-1-3-11(10)9-19/h4-6,10-11,15H,1-3,7-9,18H2. The van der Waals surface area contributed by atoms with Crippen LogP contribution in [0.25, 0.3) is 0 Å². The molecule has 3 rings (SSSR count).